The first-order chi connectivity index (χ1) is 14.8. The fourth-order valence-electron chi connectivity index (χ4n) is 4.05. The summed E-state index contributed by atoms with van der Waals surface area (Å²) >= 11 is 0. The van der Waals surface area contributed by atoms with E-state index in [0.717, 1.165) is 27.6 Å². The van der Waals surface area contributed by atoms with Crippen LogP contribution in [0.4, 0.5) is 4.79 Å². The molecular formula is C25H28N2O4. The Labute approximate surface area is 182 Å². The van der Waals surface area contributed by atoms with Gasteiger partial charge in [-0.1, -0.05) is 42.5 Å². The lowest BCUT2D eigenvalue weighted by Crippen LogP contribution is -2.43. The molecule has 1 aliphatic rings. The smallest absolute Gasteiger partial charge is 0.417 e. The molecule has 4 rings (SSSR count). The number of amides is 2. The van der Waals surface area contributed by atoms with Crippen molar-refractivity contribution >= 4 is 22.9 Å². The summed E-state index contributed by atoms with van der Waals surface area (Å²) in [5.74, 6) is -0.366. The number of ether oxygens (including phenoxy) is 2. The Morgan fingerprint density at radius 2 is 1.77 bits per heavy atom. The zero-order chi connectivity index (χ0) is 22.2. The Morgan fingerprint density at radius 1 is 1.06 bits per heavy atom. The molecule has 2 aromatic carbocycles. The summed E-state index contributed by atoms with van der Waals surface area (Å²) in [6.07, 6.45) is -0.0676. The summed E-state index contributed by atoms with van der Waals surface area (Å²) in [4.78, 5) is 28.0. The normalized spacial score (nSPS) is 14.1. The molecule has 0 spiro atoms. The van der Waals surface area contributed by atoms with Crippen molar-refractivity contribution in [2.75, 3.05) is 13.2 Å². The van der Waals surface area contributed by atoms with E-state index in [1.807, 2.05) is 54.0 Å². The van der Waals surface area contributed by atoms with Gasteiger partial charge >= 0.3 is 6.09 Å². The number of para-hydroxylation sites is 1. The second-order valence-electron chi connectivity index (χ2n) is 8.63. The predicted molar refractivity (Wildman–Crippen MR) is 120 cm³/mol. The van der Waals surface area contributed by atoms with E-state index in [9.17, 15) is 9.59 Å². The van der Waals surface area contributed by atoms with E-state index >= 15 is 0 Å². The molecule has 0 unspecified atom stereocenters. The van der Waals surface area contributed by atoms with Crippen LogP contribution in [0.5, 0.6) is 0 Å². The summed E-state index contributed by atoms with van der Waals surface area (Å²) in [5.41, 5.74) is 3.59. The van der Waals surface area contributed by atoms with Crippen LogP contribution in [0.2, 0.25) is 0 Å². The fraction of sp³-hybridized carbons (Fsp3) is 0.360. The van der Waals surface area contributed by atoms with Gasteiger partial charge in [-0.25, -0.2) is 9.69 Å². The Balaban J connectivity index is 1.97. The van der Waals surface area contributed by atoms with E-state index in [-0.39, 0.29) is 19.2 Å². The molecular weight excluding hydrogens is 392 g/mol. The lowest BCUT2D eigenvalue weighted by molar-refractivity contribution is 0.0233. The zero-order valence-corrected chi connectivity index (χ0v) is 18.5. The lowest BCUT2D eigenvalue weighted by Gasteiger charge is -2.28. The van der Waals surface area contributed by atoms with Crippen LogP contribution in [0, 0.1) is 0 Å². The van der Waals surface area contributed by atoms with Gasteiger partial charge in [0.15, 0.2) is 0 Å². The molecule has 6 nitrogen and oxygen atoms in total. The number of aromatic nitrogens is 1. The molecule has 1 aromatic heterocycles. The van der Waals surface area contributed by atoms with Crippen LogP contribution in [0.15, 0.2) is 48.5 Å². The van der Waals surface area contributed by atoms with Gasteiger partial charge in [-0.05, 0) is 51.3 Å². The largest absolute Gasteiger partial charge is 0.443 e. The molecule has 0 fully saturated rings. The predicted octanol–water partition coefficient (Wildman–Crippen LogP) is 5.24. The fourth-order valence-corrected chi connectivity index (χ4v) is 4.05. The van der Waals surface area contributed by atoms with E-state index in [0.29, 0.717) is 18.7 Å². The van der Waals surface area contributed by atoms with Crippen LogP contribution in [-0.4, -0.2) is 40.2 Å². The summed E-state index contributed by atoms with van der Waals surface area (Å²) in [7, 11) is 0. The molecule has 0 saturated heterocycles. The highest BCUT2D eigenvalue weighted by Crippen LogP contribution is 2.39. The third-order valence-electron chi connectivity index (χ3n) is 5.35. The molecule has 0 N–H and O–H groups in total. The maximum Gasteiger partial charge on any atom is 0.417 e. The van der Waals surface area contributed by atoms with Crippen LogP contribution < -0.4 is 0 Å². The van der Waals surface area contributed by atoms with Crippen molar-refractivity contribution in [3.8, 4) is 11.1 Å². The molecule has 6 heteroatoms. The van der Waals surface area contributed by atoms with Gasteiger partial charge in [0.05, 0.1) is 5.52 Å². The van der Waals surface area contributed by atoms with E-state index in [1.165, 1.54) is 4.90 Å². The average Bonchev–Trinajstić information content (AvgIpc) is 3.04. The lowest BCUT2D eigenvalue weighted by atomic mass is 9.93. The minimum absolute atomic E-state index is 0.225. The van der Waals surface area contributed by atoms with Crippen molar-refractivity contribution in [3.63, 3.8) is 0 Å². The second kappa shape index (κ2) is 8.19. The Morgan fingerprint density at radius 3 is 2.52 bits per heavy atom. The van der Waals surface area contributed by atoms with Gasteiger partial charge in [0.25, 0.3) is 5.91 Å². The molecule has 2 heterocycles. The van der Waals surface area contributed by atoms with E-state index < -0.39 is 11.7 Å². The highest BCUT2D eigenvalue weighted by atomic mass is 16.6. The molecule has 0 bridgehead atoms. The minimum Gasteiger partial charge on any atom is -0.443 e. The average molecular weight is 421 g/mol. The van der Waals surface area contributed by atoms with Crippen molar-refractivity contribution in [1.29, 1.82) is 0 Å². The van der Waals surface area contributed by atoms with Gasteiger partial charge in [-0.3, -0.25) is 4.79 Å². The number of nitrogens with zero attached hydrogens (tertiary/aromatic N) is 2. The van der Waals surface area contributed by atoms with Crippen molar-refractivity contribution in [2.45, 2.75) is 46.4 Å². The molecule has 0 saturated carbocycles. The number of fused-ring (bicyclic) bond motifs is 5. The molecule has 2 amide bonds. The summed E-state index contributed by atoms with van der Waals surface area (Å²) in [6.45, 7) is 8.30. The number of benzene rings is 2. The maximum absolute atomic E-state index is 13.8. The van der Waals surface area contributed by atoms with E-state index in [1.54, 1.807) is 20.8 Å². The molecule has 0 aliphatic carbocycles. The summed E-state index contributed by atoms with van der Waals surface area (Å²) in [6, 6.07) is 16.0. The van der Waals surface area contributed by atoms with Gasteiger partial charge in [0, 0.05) is 24.1 Å². The van der Waals surface area contributed by atoms with Gasteiger partial charge < -0.3 is 14.0 Å². The standard InChI is InChI=1S/C25H28N2O4/c1-5-30-16-27-20-13-9-8-12-19(20)21-18-11-7-6-10-17(18)14-15-26(23(28)22(21)27)24(29)31-25(2,3)4/h6-13H,5,14-16H2,1-4H3. The Bertz CT molecular complexity index is 1140. The number of hydrogen-bond donors (Lipinski definition) is 0. The van der Waals surface area contributed by atoms with Crippen molar-refractivity contribution in [2.24, 2.45) is 0 Å². The van der Waals surface area contributed by atoms with Crippen LogP contribution in [0.25, 0.3) is 22.0 Å². The number of hydrogen-bond acceptors (Lipinski definition) is 4. The minimum atomic E-state index is -0.696. The first kappa shape index (κ1) is 21.1. The van der Waals surface area contributed by atoms with Crippen LogP contribution >= 0.6 is 0 Å². The molecule has 1 aliphatic heterocycles. The molecule has 31 heavy (non-hydrogen) atoms. The number of carbonyl (C=O) groups is 2. The monoisotopic (exact) mass is 420 g/mol. The summed E-state index contributed by atoms with van der Waals surface area (Å²) < 4.78 is 13.2. The third-order valence-corrected chi connectivity index (χ3v) is 5.35. The summed E-state index contributed by atoms with van der Waals surface area (Å²) in [5, 5.41) is 0.962. The highest BCUT2D eigenvalue weighted by molar-refractivity contribution is 6.14. The highest BCUT2D eigenvalue weighted by Gasteiger charge is 2.35. The first-order valence-electron chi connectivity index (χ1n) is 10.6. The van der Waals surface area contributed by atoms with Gasteiger partial charge in [0.2, 0.25) is 0 Å². The topological polar surface area (TPSA) is 60.8 Å². The number of carbonyl (C=O) groups excluding carboxylic acids is 2. The van der Waals surface area contributed by atoms with Crippen LogP contribution in [0.3, 0.4) is 0 Å². The van der Waals surface area contributed by atoms with E-state index in [2.05, 4.69) is 6.07 Å². The third kappa shape index (κ3) is 3.95. The molecule has 0 radical (unpaired) electrons. The maximum atomic E-state index is 13.8. The van der Waals surface area contributed by atoms with Gasteiger partial charge in [0.1, 0.15) is 18.0 Å². The van der Waals surface area contributed by atoms with Gasteiger partial charge in [-0.2, -0.15) is 0 Å². The van der Waals surface area contributed by atoms with Crippen LogP contribution in [0.1, 0.15) is 43.7 Å². The SMILES string of the molecule is CCOCn1c2c(c3ccccc31)-c1ccccc1CCN(C(=O)OC(C)(C)C)C2=O. The quantitative estimate of drug-likeness (QED) is 0.582. The number of imide groups is 1. The zero-order valence-electron chi connectivity index (χ0n) is 18.5. The molecule has 0 atom stereocenters. The van der Waals surface area contributed by atoms with Gasteiger partial charge in [-0.15, -0.1) is 0 Å². The Hall–Kier alpha value is -3.12. The molecule has 162 valence electrons. The molecule has 3 aromatic rings. The Kier molecular flexibility index (Phi) is 5.58. The number of rotatable bonds is 3. The van der Waals surface area contributed by atoms with Crippen molar-refractivity contribution < 1.29 is 19.1 Å². The van der Waals surface area contributed by atoms with Crippen molar-refractivity contribution in [3.05, 3.63) is 59.8 Å². The van der Waals surface area contributed by atoms with E-state index in [4.69, 9.17) is 9.47 Å². The van der Waals surface area contributed by atoms with Crippen molar-refractivity contribution in [1.82, 2.24) is 9.47 Å². The second-order valence-corrected chi connectivity index (χ2v) is 8.63. The first-order valence-corrected chi connectivity index (χ1v) is 10.6. The van der Waals surface area contributed by atoms with Crippen LogP contribution in [-0.2, 0) is 22.6 Å².